The summed E-state index contributed by atoms with van der Waals surface area (Å²) in [6.07, 6.45) is 3.39. The van der Waals surface area contributed by atoms with Gasteiger partial charge in [-0.05, 0) is 87.1 Å². The lowest BCUT2D eigenvalue weighted by atomic mass is 9.98. The number of carbonyl (C=O) groups is 3. The third-order valence-electron chi connectivity index (χ3n) is 6.75. The fourth-order valence-electron chi connectivity index (χ4n) is 4.67. The third kappa shape index (κ3) is 6.85. The molecule has 11 heteroatoms. The zero-order valence-electron chi connectivity index (χ0n) is 24.1. The first kappa shape index (κ1) is 30.4. The van der Waals surface area contributed by atoms with Gasteiger partial charge in [0.2, 0.25) is 0 Å². The molecule has 0 spiro atoms. The van der Waals surface area contributed by atoms with Gasteiger partial charge in [0.05, 0.1) is 11.8 Å². The SMILES string of the molecule is CC(=O)c1cc(C(=O)NCc2ccc(F)c(F)c2)nc2ccnn12.Cc1c(C(=O)OC(C)(C)C)ccc2c1CC[C@@H]2N. The minimum atomic E-state index is -0.987. The van der Waals surface area contributed by atoms with Gasteiger partial charge in [0.15, 0.2) is 23.1 Å². The van der Waals surface area contributed by atoms with Crippen molar-refractivity contribution < 1.29 is 27.9 Å². The summed E-state index contributed by atoms with van der Waals surface area (Å²) < 4.78 is 32.8. The van der Waals surface area contributed by atoms with E-state index in [4.69, 9.17) is 10.5 Å². The Bertz CT molecular complexity index is 1680. The monoisotopic (exact) mass is 577 g/mol. The number of Topliss-reactive ketones (excluding diaryl/α,β-unsaturated/α-hetero) is 1. The fourth-order valence-corrected chi connectivity index (χ4v) is 4.67. The largest absolute Gasteiger partial charge is 0.456 e. The number of halogens is 2. The maximum Gasteiger partial charge on any atom is 0.338 e. The Labute approximate surface area is 242 Å². The molecule has 1 atom stereocenters. The van der Waals surface area contributed by atoms with Crippen LogP contribution in [0.15, 0.2) is 48.7 Å². The van der Waals surface area contributed by atoms with Gasteiger partial charge in [0.25, 0.3) is 5.91 Å². The number of fused-ring (bicyclic) bond motifs is 2. The summed E-state index contributed by atoms with van der Waals surface area (Å²) >= 11 is 0. The quantitative estimate of drug-likeness (QED) is 0.251. The normalized spacial score (nSPS) is 14.1. The van der Waals surface area contributed by atoms with E-state index in [0.29, 0.717) is 16.8 Å². The molecule has 1 amide bonds. The van der Waals surface area contributed by atoms with Gasteiger partial charge in [-0.15, -0.1) is 0 Å². The first-order valence-corrected chi connectivity index (χ1v) is 13.4. The first-order valence-electron chi connectivity index (χ1n) is 13.4. The van der Waals surface area contributed by atoms with Crippen LogP contribution >= 0.6 is 0 Å². The van der Waals surface area contributed by atoms with Crippen molar-refractivity contribution in [2.24, 2.45) is 5.73 Å². The van der Waals surface area contributed by atoms with Crippen LogP contribution < -0.4 is 11.1 Å². The molecule has 42 heavy (non-hydrogen) atoms. The summed E-state index contributed by atoms with van der Waals surface area (Å²) in [6.45, 7) is 8.98. The maximum absolute atomic E-state index is 13.2. The molecule has 3 N–H and O–H groups in total. The molecule has 1 aliphatic rings. The average Bonchev–Trinajstić information content (AvgIpc) is 3.55. The Morgan fingerprint density at radius 1 is 1.10 bits per heavy atom. The van der Waals surface area contributed by atoms with E-state index in [9.17, 15) is 23.2 Å². The number of ketones is 1. The topological polar surface area (TPSA) is 129 Å². The summed E-state index contributed by atoms with van der Waals surface area (Å²) in [6, 6.07) is 10.2. The summed E-state index contributed by atoms with van der Waals surface area (Å²) in [4.78, 5) is 40.1. The number of hydrogen-bond donors (Lipinski definition) is 2. The smallest absolute Gasteiger partial charge is 0.338 e. The van der Waals surface area contributed by atoms with Crippen molar-refractivity contribution in [2.75, 3.05) is 0 Å². The maximum atomic E-state index is 13.2. The molecule has 0 bridgehead atoms. The number of nitrogens with two attached hydrogens (primary N) is 1. The van der Waals surface area contributed by atoms with Crippen LogP contribution in [0.2, 0.25) is 0 Å². The number of esters is 1. The predicted octanol–water partition coefficient (Wildman–Crippen LogP) is 5.04. The number of amides is 1. The average molecular weight is 578 g/mol. The van der Waals surface area contributed by atoms with E-state index in [0.717, 1.165) is 30.5 Å². The van der Waals surface area contributed by atoms with Crippen molar-refractivity contribution in [2.45, 2.75) is 65.6 Å². The molecule has 0 unspecified atom stereocenters. The van der Waals surface area contributed by atoms with Crippen molar-refractivity contribution in [3.63, 3.8) is 0 Å². The number of ether oxygens (including phenoxy) is 1. The van der Waals surface area contributed by atoms with E-state index < -0.39 is 23.1 Å². The van der Waals surface area contributed by atoms with Gasteiger partial charge in [-0.1, -0.05) is 12.1 Å². The van der Waals surface area contributed by atoms with E-state index in [-0.39, 0.29) is 35.7 Å². The zero-order valence-corrected chi connectivity index (χ0v) is 24.1. The Hall–Kier alpha value is -4.51. The zero-order chi connectivity index (χ0) is 30.8. The highest BCUT2D eigenvalue weighted by Crippen LogP contribution is 2.33. The van der Waals surface area contributed by atoms with E-state index in [1.54, 1.807) is 6.07 Å². The molecule has 9 nitrogen and oxygen atoms in total. The van der Waals surface area contributed by atoms with Crippen molar-refractivity contribution in [1.82, 2.24) is 19.9 Å². The molecule has 2 aromatic carbocycles. The number of nitrogens with zero attached hydrogens (tertiary/aromatic N) is 3. The van der Waals surface area contributed by atoms with Crippen LogP contribution in [-0.2, 0) is 17.7 Å². The highest BCUT2D eigenvalue weighted by molar-refractivity contribution is 5.98. The molecular formula is C31H33F2N5O4. The number of nitrogens with one attached hydrogen (secondary N) is 1. The van der Waals surface area contributed by atoms with Gasteiger partial charge < -0.3 is 15.8 Å². The molecule has 0 fully saturated rings. The molecule has 4 aromatic rings. The number of aromatic nitrogens is 3. The van der Waals surface area contributed by atoms with Crippen LogP contribution in [0.3, 0.4) is 0 Å². The molecule has 0 radical (unpaired) electrons. The first-order chi connectivity index (χ1) is 19.7. The lowest BCUT2D eigenvalue weighted by Gasteiger charge is -2.21. The summed E-state index contributed by atoms with van der Waals surface area (Å²) in [5.41, 5.74) is 10.7. The van der Waals surface area contributed by atoms with E-state index in [1.807, 2.05) is 39.8 Å². The van der Waals surface area contributed by atoms with Crippen molar-refractivity contribution in [3.8, 4) is 0 Å². The Kier molecular flexibility index (Phi) is 8.81. The lowest BCUT2D eigenvalue weighted by molar-refractivity contribution is 0.00683. The lowest BCUT2D eigenvalue weighted by Crippen LogP contribution is -2.25. The van der Waals surface area contributed by atoms with Crippen LogP contribution in [-0.4, -0.2) is 37.9 Å². The molecule has 0 aliphatic heterocycles. The predicted molar refractivity (Wildman–Crippen MR) is 152 cm³/mol. The molecule has 2 aromatic heterocycles. The minimum Gasteiger partial charge on any atom is -0.456 e. The van der Waals surface area contributed by atoms with Gasteiger partial charge in [-0.2, -0.15) is 5.10 Å². The van der Waals surface area contributed by atoms with Crippen LogP contribution in [0.5, 0.6) is 0 Å². The van der Waals surface area contributed by atoms with Gasteiger partial charge in [-0.3, -0.25) is 9.59 Å². The number of carbonyl (C=O) groups excluding carboxylic acids is 3. The number of benzene rings is 2. The van der Waals surface area contributed by atoms with Crippen molar-refractivity contribution in [1.29, 1.82) is 0 Å². The molecule has 5 rings (SSSR count). The van der Waals surface area contributed by atoms with Crippen molar-refractivity contribution in [3.05, 3.63) is 99.5 Å². The second-order valence-electron chi connectivity index (χ2n) is 11.1. The summed E-state index contributed by atoms with van der Waals surface area (Å²) in [5.74, 6) is -2.99. The highest BCUT2D eigenvalue weighted by atomic mass is 19.2. The van der Waals surface area contributed by atoms with E-state index in [2.05, 4.69) is 15.4 Å². The molecular weight excluding hydrogens is 544 g/mol. The summed E-state index contributed by atoms with van der Waals surface area (Å²) in [7, 11) is 0. The number of hydrogen-bond acceptors (Lipinski definition) is 7. The minimum absolute atomic E-state index is 0.00242. The Morgan fingerprint density at radius 3 is 2.50 bits per heavy atom. The van der Waals surface area contributed by atoms with Crippen LogP contribution in [0.1, 0.15) is 93.7 Å². The van der Waals surface area contributed by atoms with Gasteiger partial charge >= 0.3 is 5.97 Å². The molecule has 0 saturated heterocycles. The highest BCUT2D eigenvalue weighted by Gasteiger charge is 2.26. The molecule has 2 heterocycles. The van der Waals surface area contributed by atoms with E-state index >= 15 is 0 Å². The van der Waals surface area contributed by atoms with E-state index in [1.165, 1.54) is 40.9 Å². The molecule has 1 aliphatic carbocycles. The number of rotatable bonds is 5. The Balaban J connectivity index is 0.000000201. The van der Waals surface area contributed by atoms with Crippen LogP contribution in [0, 0.1) is 18.6 Å². The van der Waals surface area contributed by atoms with Gasteiger partial charge in [0, 0.05) is 25.6 Å². The van der Waals surface area contributed by atoms with Gasteiger partial charge in [-0.25, -0.2) is 23.1 Å². The van der Waals surface area contributed by atoms with Crippen LogP contribution in [0.4, 0.5) is 8.78 Å². The van der Waals surface area contributed by atoms with Crippen LogP contribution in [0.25, 0.3) is 5.65 Å². The second kappa shape index (κ2) is 12.2. The third-order valence-corrected chi connectivity index (χ3v) is 6.75. The van der Waals surface area contributed by atoms with Crippen molar-refractivity contribution >= 4 is 23.3 Å². The standard InChI is InChI=1S/C16H12F2N4O2.C15H21NO2/c1-9(23)14-7-13(21-15-4-5-20-22(14)15)16(24)19-8-10-2-3-11(17)12(18)6-10;1-9-10-7-8-13(16)12(10)6-5-11(9)14(17)18-15(2,3)4/h2-7H,8H2,1H3,(H,19,24);5-6,13H,7-8,16H2,1-4H3/t;13-/m.0/s1. The Morgan fingerprint density at radius 2 is 1.83 bits per heavy atom. The molecule has 0 saturated carbocycles. The summed E-state index contributed by atoms with van der Waals surface area (Å²) in [5, 5.41) is 6.53. The molecule has 220 valence electrons. The fraction of sp³-hybridized carbons (Fsp3) is 0.323. The second-order valence-corrected chi connectivity index (χ2v) is 11.1. The van der Waals surface area contributed by atoms with Gasteiger partial charge in [0.1, 0.15) is 17.0 Å².